The number of anilines is 2. The summed E-state index contributed by atoms with van der Waals surface area (Å²) in [7, 11) is 0. The number of carbonyl (C=O) groups is 3. The van der Waals surface area contributed by atoms with Gasteiger partial charge in [-0.1, -0.05) is 18.2 Å². The Morgan fingerprint density at radius 2 is 1.74 bits per heavy atom. The number of amides is 2. The maximum Gasteiger partial charge on any atom is 0.253 e. The van der Waals surface area contributed by atoms with Crippen molar-refractivity contribution in [2.45, 2.75) is 19.8 Å². The fraction of sp³-hybridized carbons (Fsp3) is 0.286. The average Bonchev–Trinajstić information content (AvgIpc) is 3.21. The topological polar surface area (TPSA) is 78.5 Å². The van der Waals surface area contributed by atoms with Gasteiger partial charge in [-0.25, -0.2) is 0 Å². The van der Waals surface area contributed by atoms with Crippen LogP contribution in [0.5, 0.6) is 0 Å². The van der Waals surface area contributed by atoms with Gasteiger partial charge in [0.15, 0.2) is 5.78 Å². The van der Waals surface area contributed by atoms with Crippen molar-refractivity contribution in [3.05, 3.63) is 59.7 Å². The summed E-state index contributed by atoms with van der Waals surface area (Å²) in [6.07, 6.45) is 2.09. The molecule has 1 aliphatic heterocycles. The van der Waals surface area contributed by atoms with Gasteiger partial charge in [0.2, 0.25) is 5.91 Å². The van der Waals surface area contributed by atoms with Crippen molar-refractivity contribution in [2.75, 3.05) is 30.3 Å². The lowest BCUT2D eigenvalue weighted by atomic mass is 10.1. The SMILES string of the molecule is CC(=O)c1ccccc1NC(=O)CNc1cccc(C(=O)N2CCCC2)c1. The summed E-state index contributed by atoms with van der Waals surface area (Å²) in [6, 6.07) is 14.1. The van der Waals surface area contributed by atoms with Crippen LogP contribution in [0, 0.1) is 0 Å². The summed E-state index contributed by atoms with van der Waals surface area (Å²) in [5, 5.41) is 5.78. The van der Waals surface area contributed by atoms with E-state index in [-0.39, 0.29) is 24.1 Å². The summed E-state index contributed by atoms with van der Waals surface area (Å²) in [4.78, 5) is 38.2. The van der Waals surface area contributed by atoms with Crippen LogP contribution in [-0.2, 0) is 4.79 Å². The molecule has 0 bridgehead atoms. The Morgan fingerprint density at radius 3 is 2.48 bits per heavy atom. The Balaban J connectivity index is 1.60. The number of para-hydroxylation sites is 1. The van der Waals surface area contributed by atoms with Gasteiger partial charge in [-0.05, 0) is 50.1 Å². The van der Waals surface area contributed by atoms with Crippen LogP contribution in [0.1, 0.15) is 40.5 Å². The largest absolute Gasteiger partial charge is 0.376 e. The Bertz CT molecular complexity index is 857. The van der Waals surface area contributed by atoms with E-state index in [0.717, 1.165) is 25.9 Å². The number of hydrogen-bond donors (Lipinski definition) is 2. The first-order chi connectivity index (χ1) is 13.0. The smallest absolute Gasteiger partial charge is 0.253 e. The van der Waals surface area contributed by atoms with Gasteiger partial charge in [-0.2, -0.15) is 0 Å². The number of ketones is 1. The predicted octanol–water partition coefficient (Wildman–Crippen LogP) is 3.18. The summed E-state index contributed by atoms with van der Waals surface area (Å²) < 4.78 is 0. The van der Waals surface area contributed by atoms with E-state index in [9.17, 15) is 14.4 Å². The first kappa shape index (κ1) is 18.6. The van der Waals surface area contributed by atoms with Crippen molar-refractivity contribution in [3.63, 3.8) is 0 Å². The van der Waals surface area contributed by atoms with E-state index in [0.29, 0.717) is 22.5 Å². The van der Waals surface area contributed by atoms with Gasteiger partial charge in [0, 0.05) is 29.9 Å². The molecule has 27 heavy (non-hydrogen) atoms. The normalized spacial score (nSPS) is 13.3. The standard InChI is InChI=1S/C21H23N3O3/c1-15(25)18-9-2-3-10-19(18)23-20(26)14-22-17-8-6-7-16(13-17)21(27)24-11-4-5-12-24/h2-3,6-10,13,22H,4-5,11-12,14H2,1H3,(H,23,26). The molecule has 1 saturated heterocycles. The summed E-state index contributed by atoms with van der Waals surface area (Å²) >= 11 is 0. The monoisotopic (exact) mass is 365 g/mol. The molecule has 0 aliphatic carbocycles. The molecule has 1 heterocycles. The molecule has 140 valence electrons. The number of carbonyl (C=O) groups excluding carboxylic acids is 3. The van der Waals surface area contributed by atoms with Gasteiger partial charge < -0.3 is 15.5 Å². The molecule has 1 fully saturated rings. The molecule has 1 aliphatic rings. The highest BCUT2D eigenvalue weighted by Gasteiger charge is 2.19. The predicted molar refractivity (Wildman–Crippen MR) is 105 cm³/mol. The second-order valence-corrected chi connectivity index (χ2v) is 6.58. The molecule has 2 N–H and O–H groups in total. The van der Waals surface area contributed by atoms with Crippen LogP contribution in [-0.4, -0.2) is 42.1 Å². The van der Waals surface area contributed by atoms with Crippen LogP contribution in [0.25, 0.3) is 0 Å². The molecular formula is C21H23N3O3. The Hall–Kier alpha value is -3.15. The molecule has 0 saturated carbocycles. The third-order valence-electron chi connectivity index (χ3n) is 4.54. The molecule has 2 aromatic carbocycles. The minimum absolute atomic E-state index is 0.0241. The molecule has 0 spiro atoms. The molecule has 3 rings (SSSR count). The zero-order valence-electron chi connectivity index (χ0n) is 15.3. The second-order valence-electron chi connectivity index (χ2n) is 6.58. The van der Waals surface area contributed by atoms with Crippen molar-refractivity contribution in [2.24, 2.45) is 0 Å². The number of nitrogens with zero attached hydrogens (tertiary/aromatic N) is 1. The zero-order chi connectivity index (χ0) is 19.2. The minimum Gasteiger partial charge on any atom is -0.376 e. The number of Topliss-reactive ketones (excluding diaryl/α,β-unsaturated/α-hetero) is 1. The van der Waals surface area contributed by atoms with E-state index in [1.807, 2.05) is 11.0 Å². The Kier molecular flexibility index (Phi) is 5.86. The Morgan fingerprint density at radius 1 is 1.00 bits per heavy atom. The van der Waals surface area contributed by atoms with E-state index in [2.05, 4.69) is 10.6 Å². The average molecular weight is 365 g/mol. The number of nitrogens with one attached hydrogen (secondary N) is 2. The van der Waals surface area contributed by atoms with Gasteiger partial charge in [-0.15, -0.1) is 0 Å². The molecule has 6 nitrogen and oxygen atoms in total. The van der Waals surface area contributed by atoms with Gasteiger partial charge in [0.1, 0.15) is 0 Å². The molecule has 0 unspecified atom stereocenters. The summed E-state index contributed by atoms with van der Waals surface area (Å²) in [5.74, 6) is -0.344. The number of likely N-dealkylation sites (tertiary alicyclic amines) is 1. The minimum atomic E-state index is -0.264. The van der Waals surface area contributed by atoms with Crippen molar-refractivity contribution in [1.29, 1.82) is 0 Å². The molecular weight excluding hydrogens is 342 g/mol. The first-order valence-electron chi connectivity index (χ1n) is 9.07. The number of rotatable bonds is 6. The third-order valence-corrected chi connectivity index (χ3v) is 4.54. The van der Waals surface area contributed by atoms with Gasteiger partial charge in [-0.3, -0.25) is 14.4 Å². The van der Waals surface area contributed by atoms with Gasteiger partial charge >= 0.3 is 0 Å². The van der Waals surface area contributed by atoms with Crippen molar-refractivity contribution < 1.29 is 14.4 Å². The fourth-order valence-electron chi connectivity index (χ4n) is 3.14. The van der Waals surface area contributed by atoms with Crippen LogP contribution in [0.3, 0.4) is 0 Å². The first-order valence-corrected chi connectivity index (χ1v) is 9.07. The number of benzene rings is 2. The van der Waals surface area contributed by atoms with E-state index >= 15 is 0 Å². The van der Waals surface area contributed by atoms with Gasteiger partial charge in [0.05, 0.1) is 12.2 Å². The molecule has 2 amide bonds. The molecule has 0 aromatic heterocycles. The van der Waals surface area contributed by atoms with Crippen molar-refractivity contribution in [3.8, 4) is 0 Å². The van der Waals surface area contributed by atoms with Crippen LogP contribution in [0.4, 0.5) is 11.4 Å². The van der Waals surface area contributed by atoms with Crippen LogP contribution < -0.4 is 10.6 Å². The summed E-state index contributed by atoms with van der Waals surface area (Å²) in [5.41, 5.74) is 2.29. The molecule has 2 aromatic rings. The molecule has 0 radical (unpaired) electrons. The van der Waals surface area contributed by atoms with E-state index in [1.54, 1.807) is 42.5 Å². The third kappa shape index (κ3) is 4.73. The highest BCUT2D eigenvalue weighted by atomic mass is 16.2. The number of hydrogen-bond acceptors (Lipinski definition) is 4. The quantitative estimate of drug-likeness (QED) is 0.771. The van der Waals surface area contributed by atoms with E-state index in [4.69, 9.17) is 0 Å². The Labute approximate surface area is 158 Å². The highest BCUT2D eigenvalue weighted by molar-refractivity contribution is 6.04. The van der Waals surface area contributed by atoms with Crippen LogP contribution >= 0.6 is 0 Å². The van der Waals surface area contributed by atoms with Crippen molar-refractivity contribution >= 4 is 29.0 Å². The van der Waals surface area contributed by atoms with E-state index < -0.39 is 0 Å². The molecule has 0 atom stereocenters. The highest BCUT2D eigenvalue weighted by Crippen LogP contribution is 2.17. The second kappa shape index (κ2) is 8.49. The lowest BCUT2D eigenvalue weighted by molar-refractivity contribution is -0.114. The van der Waals surface area contributed by atoms with Crippen LogP contribution in [0.15, 0.2) is 48.5 Å². The van der Waals surface area contributed by atoms with E-state index in [1.165, 1.54) is 6.92 Å². The lowest BCUT2D eigenvalue weighted by Gasteiger charge is -2.16. The molecule has 6 heteroatoms. The van der Waals surface area contributed by atoms with Crippen molar-refractivity contribution in [1.82, 2.24) is 4.90 Å². The van der Waals surface area contributed by atoms with Crippen LogP contribution in [0.2, 0.25) is 0 Å². The summed E-state index contributed by atoms with van der Waals surface area (Å²) in [6.45, 7) is 3.10. The maximum absolute atomic E-state index is 12.5. The fourth-order valence-corrected chi connectivity index (χ4v) is 3.14. The zero-order valence-corrected chi connectivity index (χ0v) is 15.3. The lowest BCUT2D eigenvalue weighted by Crippen LogP contribution is -2.27. The maximum atomic E-state index is 12.5. The van der Waals surface area contributed by atoms with Gasteiger partial charge in [0.25, 0.3) is 5.91 Å².